The van der Waals surface area contributed by atoms with E-state index in [0.29, 0.717) is 13.1 Å². The minimum Gasteiger partial charge on any atom is -0.325 e. The summed E-state index contributed by atoms with van der Waals surface area (Å²) < 4.78 is 52.8. The van der Waals surface area contributed by atoms with Gasteiger partial charge in [-0.15, -0.1) is 0 Å². The van der Waals surface area contributed by atoms with Crippen LogP contribution in [-0.2, 0) is 10.2 Å². The van der Waals surface area contributed by atoms with E-state index in [0.717, 1.165) is 6.42 Å². The van der Waals surface area contributed by atoms with Gasteiger partial charge in [-0.05, 0) is 18.3 Å². The maximum absolute atomic E-state index is 12.9. The smallest absolute Gasteiger partial charge is 0.279 e. The summed E-state index contributed by atoms with van der Waals surface area (Å²) in [7, 11) is -3.84. The van der Waals surface area contributed by atoms with E-state index < -0.39 is 29.2 Å². The predicted octanol–water partition coefficient (Wildman–Crippen LogP) is 0.393. The Kier molecular flexibility index (Phi) is 5.05. The van der Waals surface area contributed by atoms with Gasteiger partial charge in [-0.3, -0.25) is 0 Å². The van der Waals surface area contributed by atoms with E-state index in [9.17, 15) is 17.2 Å². The molecule has 0 spiro atoms. The van der Waals surface area contributed by atoms with E-state index in [2.05, 4.69) is 0 Å². The third-order valence-electron chi connectivity index (χ3n) is 2.99. The van der Waals surface area contributed by atoms with Gasteiger partial charge in [0.15, 0.2) is 0 Å². The number of nitrogens with zero attached hydrogens (tertiary/aromatic N) is 1. The second-order valence-corrected chi connectivity index (χ2v) is 6.90. The molecule has 1 heterocycles. The number of nitrogens with two attached hydrogens (primary N) is 1. The largest absolute Gasteiger partial charge is 0.325 e. The molecule has 5 nitrogen and oxygen atoms in total. The number of nitrogens with one attached hydrogen (secondary N) is 1. The van der Waals surface area contributed by atoms with Crippen LogP contribution in [0.4, 0.5) is 8.78 Å². The minimum absolute atomic E-state index is 0.236. The number of hydrogen-bond donors (Lipinski definition) is 2. The molecule has 1 saturated heterocycles. The summed E-state index contributed by atoms with van der Waals surface area (Å²) in [6.45, 7) is 2.81. The first-order chi connectivity index (χ1) is 8.16. The van der Waals surface area contributed by atoms with Crippen molar-refractivity contribution in [3.8, 4) is 0 Å². The molecule has 2 unspecified atom stereocenters. The molecule has 0 aromatic carbocycles. The molecular formula is C10H21F2N3O2S. The molecular weight excluding hydrogens is 264 g/mol. The van der Waals surface area contributed by atoms with E-state index >= 15 is 0 Å². The molecule has 0 amide bonds. The Morgan fingerprint density at radius 2 is 1.83 bits per heavy atom. The monoisotopic (exact) mass is 285 g/mol. The summed E-state index contributed by atoms with van der Waals surface area (Å²) in [5.74, 6) is -2.74. The lowest BCUT2D eigenvalue weighted by Crippen LogP contribution is -2.51. The summed E-state index contributed by atoms with van der Waals surface area (Å²) >= 11 is 0. The zero-order valence-corrected chi connectivity index (χ0v) is 11.5. The van der Waals surface area contributed by atoms with E-state index in [-0.39, 0.29) is 11.8 Å². The zero-order valence-electron chi connectivity index (χ0n) is 10.7. The third kappa shape index (κ3) is 4.42. The van der Waals surface area contributed by atoms with Crippen LogP contribution in [0.15, 0.2) is 0 Å². The van der Waals surface area contributed by atoms with Crippen molar-refractivity contribution in [3.05, 3.63) is 0 Å². The number of piperidine rings is 1. The maximum atomic E-state index is 12.9. The fraction of sp³-hybridized carbons (Fsp3) is 1.00. The van der Waals surface area contributed by atoms with Crippen LogP contribution in [0, 0.1) is 11.8 Å². The second-order valence-electron chi connectivity index (χ2n) is 5.15. The highest BCUT2D eigenvalue weighted by Gasteiger charge is 2.34. The Balaban J connectivity index is 2.63. The van der Waals surface area contributed by atoms with Crippen LogP contribution in [0.2, 0.25) is 0 Å². The van der Waals surface area contributed by atoms with Crippen molar-refractivity contribution in [1.82, 2.24) is 9.03 Å². The van der Waals surface area contributed by atoms with Crippen molar-refractivity contribution in [2.24, 2.45) is 17.6 Å². The quantitative estimate of drug-likeness (QED) is 0.767. The molecule has 3 N–H and O–H groups in total. The Morgan fingerprint density at radius 1 is 1.33 bits per heavy atom. The standard InChI is InChI=1S/C10H21F2N3O2S/c1-8-3-9(2)5-15(4-8)18(16,17)14-7-10(11,12)6-13/h8-9,14H,3-7,13H2,1-2H3. The molecule has 18 heavy (non-hydrogen) atoms. The topological polar surface area (TPSA) is 75.4 Å². The first kappa shape index (κ1) is 15.7. The number of alkyl halides is 2. The number of halogens is 2. The van der Waals surface area contributed by atoms with E-state index in [1.807, 2.05) is 18.6 Å². The molecule has 0 aromatic heterocycles. The molecule has 0 radical (unpaired) electrons. The Bertz CT molecular complexity index is 365. The summed E-state index contributed by atoms with van der Waals surface area (Å²) in [5, 5.41) is 0. The molecule has 0 saturated carbocycles. The van der Waals surface area contributed by atoms with Crippen molar-refractivity contribution in [1.29, 1.82) is 0 Å². The van der Waals surface area contributed by atoms with Crippen molar-refractivity contribution in [3.63, 3.8) is 0 Å². The van der Waals surface area contributed by atoms with Gasteiger partial charge in [0.05, 0.1) is 13.1 Å². The van der Waals surface area contributed by atoms with Crippen LogP contribution >= 0.6 is 0 Å². The van der Waals surface area contributed by atoms with Crippen molar-refractivity contribution in [2.45, 2.75) is 26.2 Å². The highest BCUT2D eigenvalue weighted by molar-refractivity contribution is 7.87. The third-order valence-corrected chi connectivity index (χ3v) is 4.47. The van der Waals surface area contributed by atoms with E-state index in [1.165, 1.54) is 4.31 Å². The summed E-state index contributed by atoms with van der Waals surface area (Å²) in [5.41, 5.74) is 4.86. The van der Waals surface area contributed by atoms with Gasteiger partial charge in [0.1, 0.15) is 0 Å². The second kappa shape index (κ2) is 5.77. The molecule has 8 heteroatoms. The van der Waals surface area contributed by atoms with Gasteiger partial charge in [0.25, 0.3) is 16.1 Å². The molecule has 0 aliphatic carbocycles. The summed E-state index contributed by atoms with van der Waals surface area (Å²) in [6, 6.07) is 0. The van der Waals surface area contributed by atoms with Crippen LogP contribution < -0.4 is 10.5 Å². The van der Waals surface area contributed by atoms with Gasteiger partial charge in [-0.2, -0.15) is 17.4 Å². The van der Waals surface area contributed by atoms with Gasteiger partial charge < -0.3 is 5.73 Å². The highest BCUT2D eigenvalue weighted by Crippen LogP contribution is 2.22. The Hall–Kier alpha value is -0.310. The van der Waals surface area contributed by atoms with Crippen LogP contribution in [0.25, 0.3) is 0 Å². The van der Waals surface area contributed by atoms with Crippen molar-refractivity contribution >= 4 is 10.2 Å². The van der Waals surface area contributed by atoms with Gasteiger partial charge >= 0.3 is 0 Å². The first-order valence-electron chi connectivity index (χ1n) is 5.99. The molecule has 1 aliphatic rings. The SMILES string of the molecule is CC1CC(C)CN(S(=O)(=O)NCC(F)(F)CN)C1. The normalized spacial score (nSPS) is 27.4. The first-order valence-corrected chi connectivity index (χ1v) is 7.43. The molecule has 1 rings (SSSR count). The Labute approximate surface area is 107 Å². The lowest BCUT2D eigenvalue weighted by atomic mass is 9.94. The van der Waals surface area contributed by atoms with Crippen molar-refractivity contribution < 1.29 is 17.2 Å². The molecule has 2 atom stereocenters. The minimum atomic E-state index is -3.84. The van der Waals surface area contributed by atoms with Crippen LogP contribution in [0.3, 0.4) is 0 Å². The maximum Gasteiger partial charge on any atom is 0.279 e. The lowest BCUT2D eigenvalue weighted by Gasteiger charge is -2.34. The van der Waals surface area contributed by atoms with Crippen LogP contribution in [0.1, 0.15) is 20.3 Å². The van der Waals surface area contributed by atoms with E-state index in [1.54, 1.807) is 0 Å². The highest BCUT2D eigenvalue weighted by atomic mass is 32.2. The predicted molar refractivity (Wildman–Crippen MR) is 65.4 cm³/mol. The summed E-state index contributed by atoms with van der Waals surface area (Å²) in [6.07, 6.45) is 0.949. The molecule has 1 aliphatic heterocycles. The number of hydrogen-bond acceptors (Lipinski definition) is 3. The van der Waals surface area contributed by atoms with Crippen LogP contribution in [0.5, 0.6) is 0 Å². The molecule has 1 fully saturated rings. The van der Waals surface area contributed by atoms with Crippen molar-refractivity contribution in [2.75, 3.05) is 26.2 Å². The molecule has 0 bridgehead atoms. The zero-order chi connectivity index (χ0) is 14.0. The lowest BCUT2D eigenvalue weighted by molar-refractivity contribution is 0.0165. The van der Waals surface area contributed by atoms with Gasteiger partial charge in [-0.25, -0.2) is 8.78 Å². The fourth-order valence-corrected chi connectivity index (χ4v) is 3.64. The van der Waals surface area contributed by atoms with Gasteiger partial charge in [0.2, 0.25) is 0 Å². The molecule has 108 valence electrons. The van der Waals surface area contributed by atoms with E-state index in [4.69, 9.17) is 5.73 Å². The molecule has 0 aromatic rings. The average molecular weight is 285 g/mol. The number of rotatable bonds is 5. The van der Waals surface area contributed by atoms with Crippen LogP contribution in [-0.4, -0.2) is 44.8 Å². The summed E-state index contributed by atoms with van der Waals surface area (Å²) in [4.78, 5) is 0. The fourth-order valence-electron chi connectivity index (χ4n) is 2.16. The van der Waals surface area contributed by atoms with Gasteiger partial charge in [-0.1, -0.05) is 13.8 Å². The van der Waals surface area contributed by atoms with Gasteiger partial charge in [0, 0.05) is 13.1 Å². The Morgan fingerprint density at radius 3 is 2.28 bits per heavy atom. The average Bonchev–Trinajstić information content (AvgIpc) is 2.25.